The van der Waals surface area contributed by atoms with Crippen LogP contribution in [-0.4, -0.2) is 29.1 Å². The molecule has 15 heavy (non-hydrogen) atoms. The highest BCUT2D eigenvalue weighted by atomic mass is 16.4. The number of carboxylic acids is 1. The Labute approximate surface area is 86.1 Å². The van der Waals surface area contributed by atoms with Crippen LogP contribution in [0, 0.1) is 0 Å². The second kappa shape index (κ2) is 3.86. The van der Waals surface area contributed by atoms with Gasteiger partial charge in [0, 0.05) is 12.7 Å². The number of pyridine rings is 1. The Morgan fingerprint density at radius 2 is 2.33 bits per heavy atom. The number of aromatic amines is 1. The third-order valence-electron chi connectivity index (χ3n) is 2.69. The molecule has 3 N–H and O–H groups in total. The van der Waals surface area contributed by atoms with Gasteiger partial charge >= 0.3 is 5.97 Å². The van der Waals surface area contributed by atoms with Gasteiger partial charge in [0.1, 0.15) is 5.56 Å². The van der Waals surface area contributed by atoms with Crippen LogP contribution < -0.4 is 10.9 Å². The van der Waals surface area contributed by atoms with Crippen molar-refractivity contribution in [1.29, 1.82) is 0 Å². The maximum absolute atomic E-state index is 11.2. The number of carbonyl (C=O) groups is 1. The summed E-state index contributed by atoms with van der Waals surface area (Å²) in [5.41, 5.74) is 0.161. The molecular weight excluding hydrogens is 196 g/mol. The molecule has 5 nitrogen and oxygen atoms in total. The predicted octanol–water partition coefficient (Wildman–Crippen LogP) is 0.150. The summed E-state index contributed by atoms with van der Waals surface area (Å²) in [6, 6.07) is 1.47. The van der Waals surface area contributed by atoms with Crippen molar-refractivity contribution in [3.63, 3.8) is 0 Å². The van der Waals surface area contributed by atoms with Crippen molar-refractivity contribution < 1.29 is 9.90 Å². The largest absolute Gasteiger partial charge is 0.477 e. The maximum atomic E-state index is 11.2. The van der Waals surface area contributed by atoms with Crippen molar-refractivity contribution >= 4 is 5.97 Å². The molecule has 80 valence electrons. The molecule has 0 aromatic carbocycles. The smallest absolute Gasteiger partial charge is 0.341 e. The second-order valence-corrected chi connectivity index (χ2v) is 3.67. The number of aromatic carboxylic acids is 1. The molecule has 0 aliphatic carbocycles. The maximum Gasteiger partial charge on any atom is 0.341 e. The van der Waals surface area contributed by atoms with Crippen molar-refractivity contribution in [2.75, 3.05) is 13.1 Å². The van der Waals surface area contributed by atoms with E-state index in [4.69, 9.17) is 5.11 Å². The Balaban J connectivity index is 2.37. The van der Waals surface area contributed by atoms with Crippen molar-refractivity contribution in [3.8, 4) is 0 Å². The number of carboxylic acid groups (broad SMARTS) is 1. The van der Waals surface area contributed by atoms with E-state index >= 15 is 0 Å². The van der Waals surface area contributed by atoms with Crippen LogP contribution >= 0.6 is 0 Å². The minimum atomic E-state index is -1.18. The summed E-state index contributed by atoms with van der Waals surface area (Å²) < 4.78 is 0. The van der Waals surface area contributed by atoms with Crippen LogP contribution in [0.15, 0.2) is 17.1 Å². The predicted molar refractivity (Wildman–Crippen MR) is 54.2 cm³/mol. The zero-order valence-corrected chi connectivity index (χ0v) is 8.12. The third kappa shape index (κ3) is 1.92. The molecule has 1 aromatic rings. The molecule has 5 heteroatoms. The Hall–Kier alpha value is -1.62. The molecular formula is C10H12N2O3. The summed E-state index contributed by atoms with van der Waals surface area (Å²) in [5.74, 6) is -0.871. The normalized spacial score (nSPS) is 20.4. The molecule has 1 atom stereocenters. The van der Waals surface area contributed by atoms with Crippen LogP contribution in [0.5, 0.6) is 0 Å². The molecule has 0 saturated carbocycles. The molecule has 1 unspecified atom stereocenters. The van der Waals surface area contributed by atoms with Gasteiger partial charge in [-0.2, -0.15) is 0 Å². The average Bonchev–Trinajstić information content (AvgIpc) is 2.71. The molecule has 1 fully saturated rings. The topological polar surface area (TPSA) is 82.2 Å². The molecule has 1 aromatic heterocycles. The number of nitrogens with one attached hydrogen (secondary N) is 2. The number of hydrogen-bond donors (Lipinski definition) is 3. The minimum Gasteiger partial charge on any atom is -0.477 e. The fraction of sp³-hybridized carbons (Fsp3) is 0.400. The first-order valence-electron chi connectivity index (χ1n) is 4.85. The summed E-state index contributed by atoms with van der Waals surface area (Å²) in [6.07, 6.45) is 2.58. The molecule has 2 rings (SSSR count). The van der Waals surface area contributed by atoms with Gasteiger partial charge in [0.05, 0.1) is 0 Å². The lowest BCUT2D eigenvalue weighted by molar-refractivity contribution is 0.0695. The summed E-state index contributed by atoms with van der Waals surface area (Å²) >= 11 is 0. The van der Waals surface area contributed by atoms with Crippen molar-refractivity contribution in [1.82, 2.24) is 10.3 Å². The molecule has 0 amide bonds. The van der Waals surface area contributed by atoms with Crippen molar-refractivity contribution in [2.45, 2.75) is 12.3 Å². The van der Waals surface area contributed by atoms with Crippen LogP contribution in [0.4, 0.5) is 0 Å². The van der Waals surface area contributed by atoms with Gasteiger partial charge in [-0.3, -0.25) is 4.79 Å². The quantitative estimate of drug-likeness (QED) is 0.646. The lowest BCUT2D eigenvalue weighted by atomic mass is 9.99. The molecule has 1 aliphatic rings. The fourth-order valence-electron chi connectivity index (χ4n) is 1.83. The van der Waals surface area contributed by atoms with Gasteiger partial charge in [0.2, 0.25) is 0 Å². The van der Waals surface area contributed by atoms with E-state index in [1.165, 1.54) is 6.07 Å². The molecule has 1 aliphatic heterocycles. The fourth-order valence-corrected chi connectivity index (χ4v) is 1.83. The Morgan fingerprint density at radius 1 is 1.53 bits per heavy atom. The first-order valence-corrected chi connectivity index (χ1v) is 4.85. The summed E-state index contributed by atoms with van der Waals surface area (Å²) in [7, 11) is 0. The Kier molecular flexibility index (Phi) is 2.55. The first-order chi connectivity index (χ1) is 7.18. The van der Waals surface area contributed by atoms with E-state index in [1.807, 2.05) is 0 Å². The lowest BCUT2D eigenvalue weighted by Gasteiger charge is -2.08. The van der Waals surface area contributed by atoms with Crippen LogP contribution in [0.25, 0.3) is 0 Å². The van der Waals surface area contributed by atoms with E-state index in [2.05, 4.69) is 10.3 Å². The highest BCUT2D eigenvalue weighted by Gasteiger charge is 2.19. The van der Waals surface area contributed by atoms with Gasteiger partial charge in [-0.05, 0) is 30.5 Å². The highest BCUT2D eigenvalue weighted by Crippen LogP contribution is 2.21. The van der Waals surface area contributed by atoms with Crippen LogP contribution in [0.1, 0.15) is 28.3 Å². The van der Waals surface area contributed by atoms with E-state index in [0.717, 1.165) is 25.1 Å². The van der Waals surface area contributed by atoms with Gasteiger partial charge in [0.25, 0.3) is 5.56 Å². The zero-order valence-electron chi connectivity index (χ0n) is 8.12. The van der Waals surface area contributed by atoms with E-state index in [9.17, 15) is 9.59 Å². The molecule has 0 radical (unpaired) electrons. The third-order valence-corrected chi connectivity index (χ3v) is 2.69. The molecule has 2 heterocycles. The van der Waals surface area contributed by atoms with E-state index in [0.29, 0.717) is 5.92 Å². The molecule has 0 bridgehead atoms. The van der Waals surface area contributed by atoms with Crippen molar-refractivity contribution in [3.05, 3.63) is 33.7 Å². The van der Waals surface area contributed by atoms with Crippen LogP contribution in [-0.2, 0) is 0 Å². The van der Waals surface area contributed by atoms with Gasteiger partial charge in [-0.1, -0.05) is 0 Å². The second-order valence-electron chi connectivity index (χ2n) is 3.67. The van der Waals surface area contributed by atoms with Crippen LogP contribution in [0.3, 0.4) is 0 Å². The monoisotopic (exact) mass is 208 g/mol. The van der Waals surface area contributed by atoms with Gasteiger partial charge in [-0.15, -0.1) is 0 Å². The van der Waals surface area contributed by atoms with E-state index < -0.39 is 11.5 Å². The number of H-pyrrole nitrogens is 1. The summed E-state index contributed by atoms with van der Waals surface area (Å²) in [4.78, 5) is 24.4. The van der Waals surface area contributed by atoms with Crippen molar-refractivity contribution in [2.24, 2.45) is 0 Å². The van der Waals surface area contributed by atoms with Gasteiger partial charge < -0.3 is 15.4 Å². The number of rotatable bonds is 2. The molecule has 0 spiro atoms. The number of aromatic nitrogens is 1. The van der Waals surface area contributed by atoms with Gasteiger partial charge in [0.15, 0.2) is 0 Å². The highest BCUT2D eigenvalue weighted by molar-refractivity contribution is 5.87. The van der Waals surface area contributed by atoms with E-state index in [-0.39, 0.29) is 5.56 Å². The van der Waals surface area contributed by atoms with E-state index in [1.54, 1.807) is 6.20 Å². The standard InChI is InChI=1S/C10H12N2O3/c13-9-8(10(14)15)3-7(5-12-9)6-1-2-11-4-6/h3,5-6,11H,1-2,4H2,(H,12,13)(H,14,15). The van der Waals surface area contributed by atoms with Gasteiger partial charge in [-0.25, -0.2) is 4.79 Å². The SMILES string of the molecule is O=C(O)c1cc(C2CCNC2)c[nH]c1=O. The molecule has 1 saturated heterocycles. The zero-order chi connectivity index (χ0) is 10.8. The number of hydrogen-bond acceptors (Lipinski definition) is 3. The summed E-state index contributed by atoms with van der Waals surface area (Å²) in [5, 5.41) is 12.0. The Bertz CT molecular complexity index is 433. The Morgan fingerprint density at radius 3 is 2.93 bits per heavy atom. The summed E-state index contributed by atoms with van der Waals surface area (Å²) in [6.45, 7) is 1.78. The minimum absolute atomic E-state index is 0.181. The first kappa shape index (κ1) is 9.92. The average molecular weight is 208 g/mol. The lowest BCUT2D eigenvalue weighted by Crippen LogP contribution is -2.18. The van der Waals surface area contributed by atoms with Crippen LogP contribution in [0.2, 0.25) is 0 Å².